The molecule has 0 N–H and O–H groups in total. The van der Waals surface area contributed by atoms with Crippen LogP contribution in [0.1, 0.15) is 24.0 Å². The summed E-state index contributed by atoms with van der Waals surface area (Å²) in [6.45, 7) is 0.605. The van der Waals surface area contributed by atoms with Crippen molar-refractivity contribution in [2.24, 2.45) is 0 Å². The standard InChI is InChI=1S/C18H16ClNO/c19-16-8-6-15(7-9-16)18(13-20)10-17(11-18)21-12-14-4-2-1-3-5-14/h1-9,17H,10-12H2. The van der Waals surface area contributed by atoms with Crippen molar-refractivity contribution in [1.29, 1.82) is 5.26 Å². The summed E-state index contributed by atoms with van der Waals surface area (Å²) in [5.41, 5.74) is 1.79. The molecule has 0 heterocycles. The molecular weight excluding hydrogens is 282 g/mol. The van der Waals surface area contributed by atoms with E-state index < -0.39 is 5.41 Å². The van der Waals surface area contributed by atoms with Crippen molar-refractivity contribution < 1.29 is 4.74 Å². The van der Waals surface area contributed by atoms with Crippen molar-refractivity contribution in [2.45, 2.75) is 31.0 Å². The maximum absolute atomic E-state index is 9.52. The number of hydrogen-bond donors (Lipinski definition) is 0. The topological polar surface area (TPSA) is 33.0 Å². The lowest BCUT2D eigenvalue weighted by atomic mass is 9.63. The Labute approximate surface area is 129 Å². The quantitative estimate of drug-likeness (QED) is 0.833. The third kappa shape index (κ3) is 2.95. The van der Waals surface area contributed by atoms with Gasteiger partial charge in [-0.05, 0) is 36.1 Å². The van der Waals surface area contributed by atoms with E-state index in [4.69, 9.17) is 16.3 Å². The molecule has 1 saturated carbocycles. The zero-order chi connectivity index (χ0) is 14.7. The summed E-state index contributed by atoms with van der Waals surface area (Å²) in [6, 6.07) is 20.1. The Morgan fingerprint density at radius 2 is 1.76 bits per heavy atom. The van der Waals surface area contributed by atoms with Gasteiger partial charge in [0.1, 0.15) is 0 Å². The number of nitriles is 1. The molecule has 0 atom stereocenters. The predicted molar refractivity (Wildman–Crippen MR) is 83.0 cm³/mol. The van der Waals surface area contributed by atoms with Crippen LogP contribution in [0.3, 0.4) is 0 Å². The third-order valence-electron chi connectivity index (χ3n) is 4.09. The Morgan fingerprint density at radius 1 is 1.10 bits per heavy atom. The van der Waals surface area contributed by atoms with E-state index >= 15 is 0 Å². The highest BCUT2D eigenvalue weighted by Gasteiger charge is 2.46. The average Bonchev–Trinajstić information content (AvgIpc) is 2.49. The summed E-state index contributed by atoms with van der Waals surface area (Å²) in [6.07, 6.45) is 1.65. The second-order valence-corrected chi connectivity index (χ2v) is 5.96. The Kier molecular flexibility index (Phi) is 3.96. The molecule has 2 nitrogen and oxygen atoms in total. The van der Waals surface area contributed by atoms with Crippen molar-refractivity contribution in [2.75, 3.05) is 0 Å². The number of halogens is 1. The van der Waals surface area contributed by atoms with Crippen molar-refractivity contribution in [3.8, 4) is 6.07 Å². The number of benzene rings is 2. The minimum Gasteiger partial charge on any atom is -0.373 e. The van der Waals surface area contributed by atoms with Crippen molar-refractivity contribution in [1.82, 2.24) is 0 Å². The maximum atomic E-state index is 9.52. The summed E-state index contributed by atoms with van der Waals surface area (Å²) in [5, 5.41) is 10.2. The van der Waals surface area contributed by atoms with Gasteiger partial charge in [0.25, 0.3) is 0 Å². The molecule has 0 spiro atoms. The number of hydrogen-bond acceptors (Lipinski definition) is 2. The van der Waals surface area contributed by atoms with Gasteiger partial charge in [-0.25, -0.2) is 0 Å². The number of ether oxygens (including phenoxy) is 1. The molecule has 0 unspecified atom stereocenters. The molecule has 2 aromatic rings. The van der Waals surface area contributed by atoms with Gasteiger partial charge in [-0.2, -0.15) is 5.26 Å². The van der Waals surface area contributed by atoms with Crippen LogP contribution >= 0.6 is 11.6 Å². The SMILES string of the molecule is N#CC1(c2ccc(Cl)cc2)CC(OCc2ccccc2)C1. The summed E-state index contributed by atoms with van der Waals surface area (Å²) < 4.78 is 5.89. The van der Waals surface area contributed by atoms with Gasteiger partial charge in [-0.1, -0.05) is 54.1 Å². The molecule has 0 radical (unpaired) electrons. The summed E-state index contributed by atoms with van der Waals surface area (Å²) in [7, 11) is 0. The fourth-order valence-electron chi connectivity index (χ4n) is 2.78. The largest absolute Gasteiger partial charge is 0.373 e. The van der Waals surface area contributed by atoms with E-state index in [-0.39, 0.29) is 6.10 Å². The van der Waals surface area contributed by atoms with Gasteiger partial charge in [0.2, 0.25) is 0 Å². The molecule has 106 valence electrons. The fourth-order valence-corrected chi connectivity index (χ4v) is 2.91. The van der Waals surface area contributed by atoms with Crippen molar-refractivity contribution in [3.63, 3.8) is 0 Å². The first-order chi connectivity index (χ1) is 10.2. The second-order valence-electron chi connectivity index (χ2n) is 5.53. The van der Waals surface area contributed by atoms with Crippen LogP contribution < -0.4 is 0 Å². The fraction of sp³-hybridized carbons (Fsp3) is 0.278. The van der Waals surface area contributed by atoms with Crippen LogP contribution in [0.4, 0.5) is 0 Å². The van der Waals surface area contributed by atoms with Crippen molar-refractivity contribution >= 4 is 11.6 Å². The molecule has 0 saturated heterocycles. The van der Waals surface area contributed by atoms with E-state index in [0.29, 0.717) is 11.6 Å². The molecule has 3 rings (SSSR count). The van der Waals surface area contributed by atoms with Crippen LogP contribution in [0.25, 0.3) is 0 Å². The minimum absolute atomic E-state index is 0.153. The predicted octanol–water partition coefficient (Wildman–Crippen LogP) is 4.48. The van der Waals surface area contributed by atoms with E-state index in [0.717, 1.165) is 18.4 Å². The maximum Gasteiger partial charge on any atom is 0.0871 e. The van der Waals surface area contributed by atoms with E-state index in [1.54, 1.807) is 0 Å². The first-order valence-electron chi connectivity index (χ1n) is 7.05. The zero-order valence-electron chi connectivity index (χ0n) is 11.6. The Hall–Kier alpha value is -1.82. The van der Waals surface area contributed by atoms with E-state index in [1.807, 2.05) is 42.5 Å². The molecule has 0 amide bonds. The molecule has 1 aliphatic carbocycles. The molecule has 21 heavy (non-hydrogen) atoms. The molecule has 3 heteroatoms. The zero-order valence-corrected chi connectivity index (χ0v) is 12.4. The average molecular weight is 298 g/mol. The highest BCUT2D eigenvalue weighted by molar-refractivity contribution is 6.30. The summed E-state index contributed by atoms with van der Waals surface area (Å²) in [4.78, 5) is 0. The molecule has 1 fully saturated rings. The van der Waals surface area contributed by atoms with Crippen LogP contribution in [0.2, 0.25) is 5.02 Å². The van der Waals surface area contributed by atoms with Gasteiger partial charge < -0.3 is 4.74 Å². The highest BCUT2D eigenvalue weighted by atomic mass is 35.5. The van der Waals surface area contributed by atoms with Gasteiger partial charge in [-0.3, -0.25) is 0 Å². The number of nitrogens with zero attached hydrogens (tertiary/aromatic N) is 1. The van der Waals surface area contributed by atoms with Gasteiger partial charge in [0.05, 0.1) is 24.2 Å². The second kappa shape index (κ2) is 5.89. The van der Waals surface area contributed by atoms with E-state index in [9.17, 15) is 5.26 Å². The van der Waals surface area contributed by atoms with Crippen LogP contribution in [0.15, 0.2) is 54.6 Å². The summed E-state index contributed by atoms with van der Waals surface area (Å²) in [5.74, 6) is 0. The van der Waals surface area contributed by atoms with Gasteiger partial charge >= 0.3 is 0 Å². The van der Waals surface area contributed by atoms with Crippen LogP contribution in [-0.2, 0) is 16.8 Å². The minimum atomic E-state index is -0.411. The van der Waals surface area contributed by atoms with Gasteiger partial charge in [0, 0.05) is 5.02 Å². The highest BCUT2D eigenvalue weighted by Crippen LogP contribution is 2.45. The van der Waals surface area contributed by atoms with Gasteiger partial charge in [0.15, 0.2) is 0 Å². The Bertz CT molecular complexity index is 639. The summed E-state index contributed by atoms with van der Waals surface area (Å²) >= 11 is 5.90. The molecule has 0 bridgehead atoms. The Morgan fingerprint density at radius 3 is 2.38 bits per heavy atom. The molecule has 0 aliphatic heterocycles. The van der Waals surface area contributed by atoms with Gasteiger partial charge in [-0.15, -0.1) is 0 Å². The van der Waals surface area contributed by atoms with Crippen LogP contribution in [-0.4, -0.2) is 6.10 Å². The first kappa shape index (κ1) is 14.1. The molecular formula is C18H16ClNO. The van der Waals surface area contributed by atoms with E-state index in [2.05, 4.69) is 18.2 Å². The third-order valence-corrected chi connectivity index (χ3v) is 4.34. The smallest absolute Gasteiger partial charge is 0.0871 e. The van der Waals surface area contributed by atoms with Crippen LogP contribution in [0.5, 0.6) is 0 Å². The lowest BCUT2D eigenvalue weighted by Crippen LogP contribution is -2.44. The normalized spacial score (nSPS) is 24.1. The molecule has 1 aliphatic rings. The monoisotopic (exact) mass is 297 g/mol. The van der Waals surface area contributed by atoms with Crippen molar-refractivity contribution in [3.05, 3.63) is 70.7 Å². The molecule has 2 aromatic carbocycles. The van der Waals surface area contributed by atoms with E-state index in [1.165, 1.54) is 5.56 Å². The lowest BCUT2D eigenvalue weighted by Gasteiger charge is -2.42. The lowest BCUT2D eigenvalue weighted by molar-refractivity contribution is -0.0391. The number of rotatable bonds is 4. The van der Waals surface area contributed by atoms with Crippen LogP contribution in [0, 0.1) is 11.3 Å². The first-order valence-corrected chi connectivity index (χ1v) is 7.42. The molecule has 0 aromatic heterocycles. The Balaban J connectivity index is 1.60.